The number of aromatic nitrogens is 2. The summed E-state index contributed by atoms with van der Waals surface area (Å²) in [6.45, 7) is 0. The van der Waals surface area contributed by atoms with Crippen LogP contribution < -0.4 is 24.0 Å². The van der Waals surface area contributed by atoms with Crippen molar-refractivity contribution in [2.45, 2.75) is 11.1 Å². The SMILES string of the molecule is C[S+]1Cc2nc3ccccc3n2C1c1c(F)cccc1F.[I-]. The molecule has 2 atom stereocenters. The Balaban J connectivity index is 0.00000144. The molecule has 3 aromatic rings. The maximum Gasteiger partial charge on any atom is 0.228 e. The van der Waals surface area contributed by atoms with Gasteiger partial charge in [-0.2, -0.15) is 0 Å². The molecule has 6 heteroatoms. The van der Waals surface area contributed by atoms with E-state index in [-0.39, 0.29) is 45.8 Å². The number of hydrogen-bond acceptors (Lipinski definition) is 1. The van der Waals surface area contributed by atoms with E-state index < -0.39 is 11.6 Å². The fourth-order valence-corrected chi connectivity index (χ4v) is 4.99. The first-order valence-electron chi connectivity index (χ1n) is 6.68. The number of rotatable bonds is 1. The summed E-state index contributed by atoms with van der Waals surface area (Å²) in [5.41, 5.74) is 1.98. The molecule has 22 heavy (non-hydrogen) atoms. The molecule has 0 saturated heterocycles. The van der Waals surface area contributed by atoms with Gasteiger partial charge < -0.3 is 24.0 Å². The Morgan fingerprint density at radius 1 is 1.09 bits per heavy atom. The molecule has 2 nitrogen and oxygen atoms in total. The summed E-state index contributed by atoms with van der Waals surface area (Å²) in [5, 5.41) is -0.311. The van der Waals surface area contributed by atoms with Crippen LogP contribution in [0.4, 0.5) is 8.78 Å². The number of nitrogens with zero attached hydrogens (tertiary/aromatic N) is 2. The van der Waals surface area contributed by atoms with Crippen molar-refractivity contribution in [1.82, 2.24) is 9.55 Å². The first-order valence-corrected chi connectivity index (χ1v) is 8.54. The molecule has 1 aliphatic rings. The average molecular weight is 430 g/mol. The summed E-state index contributed by atoms with van der Waals surface area (Å²) in [4.78, 5) is 4.60. The summed E-state index contributed by atoms with van der Waals surface area (Å²) >= 11 is 0. The quantitative estimate of drug-likeness (QED) is 0.409. The minimum atomic E-state index is -0.481. The van der Waals surface area contributed by atoms with E-state index in [0.717, 1.165) is 22.6 Å². The molecule has 2 unspecified atom stereocenters. The smallest absolute Gasteiger partial charge is 0.228 e. The molecule has 0 radical (unpaired) electrons. The predicted octanol–water partition coefficient (Wildman–Crippen LogP) is 0.627. The van der Waals surface area contributed by atoms with Gasteiger partial charge in [0.05, 0.1) is 16.6 Å². The summed E-state index contributed by atoms with van der Waals surface area (Å²) < 4.78 is 30.4. The van der Waals surface area contributed by atoms with Crippen molar-refractivity contribution >= 4 is 21.9 Å². The maximum atomic E-state index is 14.2. The highest BCUT2D eigenvalue weighted by atomic mass is 127. The molecule has 0 fully saturated rings. The topological polar surface area (TPSA) is 17.8 Å². The molecule has 114 valence electrons. The van der Waals surface area contributed by atoms with Crippen molar-refractivity contribution < 1.29 is 32.8 Å². The Morgan fingerprint density at radius 3 is 2.50 bits per heavy atom. The standard InChI is InChI=1S/C16H13F2N2S.HI/c1-21-9-14-19-12-7-2-3-8-13(12)20(14)16(21)15-10(17)5-4-6-11(15)18;/h2-8,16H,9H2,1H3;1H/q+1;/p-1. The zero-order chi connectivity index (χ0) is 14.6. The zero-order valence-electron chi connectivity index (χ0n) is 11.8. The fourth-order valence-electron chi connectivity index (χ4n) is 3.00. The molecule has 0 saturated carbocycles. The van der Waals surface area contributed by atoms with Crippen LogP contribution in [0.1, 0.15) is 16.8 Å². The molecule has 0 aliphatic carbocycles. The van der Waals surface area contributed by atoms with Crippen molar-refractivity contribution in [2.24, 2.45) is 0 Å². The molecule has 4 rings (SSSR count). The second kappa shape index (κ2) is 5.81. The van der Waals surface area contributed by atoms with Crippen LogP contribution >= 0.6 is 0 Å². The van der Waals surface area contributed by atoms with Gasteiger partial charge in [-0.3, -0.25) is 4.57 Å². The second-order valence-electron chi connectivity index (χ2n) is 5.21. The van der Waals surface area contributed by atoms with Crippen LogP contribution in [0.25, 0.3) is 11.0 Å². The molecule has 2 heterocycles. The summed E-state index contributed by atoms with van der Waals surface area (Å²) in [5.74, 6) is 0.706. The Bertz CT molecular complexity index is 829. The number of fused-ring (bicyclic) bond motifs is 3. The molecule has 0 spiro atoms. The molecule has 1 aromatic heterocycles. The average Bonchev–Trinajstić information content (AvgIpc) is 2.95. The maximum absolute atomic E-state index is 14.2. The Morgan fingerprint density at radius 2 is 1.77 bits per heavy atom. The van der Waals surface area contributed by atoms with E-state index in [4.69, 9.17) is 0 Å². The van der Waals surface area contributed by atoms with E-state index in [1.54, 1.807) is 0 Å². The van der Waals surface area contributed by atoms with E-state index in [9.17, 15) is 8.78 Å². The molecule has 0 amide bonds. The van der Waals surface area contributed by atoms with Crippen LogP contribution in [0.3, 0.4) is 0 Å². The molecule has 2 aromatic carbocycles. The molecular formula is C16H13F2IN2S. The molecule has 0 N–H and O–H groups in total. The van der Waals surface area contributed by atoms with Crippen molar-refractivity contribution in [3.8, 4) is 0 Å². The van der Waals surface area contributed by atoms with Gasteiger partial charge >= 0.3 is 0 Å². The van der Waals surface area contributed by atoms with Crippen LogP contribution in [0.15, 0.2) is 42.5 Å². The van der Waals surface area contributed by atoms with Gasteiger partial charge in [0.1, 0.15) is 17.9 Å². The van der Waals surface area contributed by atoms with Gasteiger partial charge in [0.2, 0.25) is 5.37 Å². The van der Waals surface area contributed by atoms with Crippen LogP contribution in [-0.2, 0) is 16.6 Å². The van der Waals surface area contributed by atoms with Gasteiger partial charge in [0, 0.05) is 10.9 Å². The lowest BCUT2D eigenvalue weighted by atomic mass is 10.2. The number of imidazole rings is 1. The normalized spacial score (nSPS) is 20.0. The highest BCUT2D eigenvalue weighted by molar-refractivity contribution is 7.95. The summed E-state index contributed by atoms with van der Waals surface area (Å²) in [6, 6.07) is 11.8. The third-order valence-corrected chi connectivity index (χ3v) is 5.81. The monoisotopic (exact) mass is 430 g/mol. The first kappa shape index (κ1) is 15.7. The van der Waals surface area contributed by atoms with Crippen molar-refractivity contribution in [3.05, 3.63) is 65.5 Å². The van der Waals surface area contributed by atoms with Crippen LogP contribution in [0.2, 0.25) is 0 Å². The van der Waals surface area contributed by atoms with Crippen molar-refractivity contribution in [2.75, 3.05) is 6.26 Å². The minimum absolute atomic E-state index is 0. The van der Waals surface area contributed by atoms with Crippen LogP contribution in [0.5, 0.6) is 0 Å². The highest BCUT2D eigenvalue weighted by Gasteiger charge is 2.43. The zero-order valence-corrected chi connectivity index (χ0v) is 14.7. The molecule has 0 bridgehead atoms. The van der Waals surface area contributed by atoms with Crippen LogP contribution in [0, 0.1) is 11.6 Å². The number of halogens is 3. The largest absolute Gasteiger partial charge is 1.00 e. The van der Waals surface area contributed by atoms with E-state index in [2.05, 4.69) is 4.98 Å². The van der Waals surface area contributed by atoms with Gasteiger partial charge in [-0.15, -0.1) is 0 Å². The predicted molar refractivity (Wildman–Crippen MR) is 81.2 cm³/mol. The lowest BCUT2D eigenvalue weighted by molar-refractivity contribution is -0.00000555. The number of para-hydroxylation sites is 2. The van der Waals surface area contributed by atoms with Crippen molar-refractivity contribution in [1.29, 1.82) is 0 Å². The first-order chi connectivity index (χ1) is 10.2. The van der Waals surface area contributed by atoms with Gasteiger partial charge in [-0.05, 0) is 24.3 Å². The Hall–Kier alpha value is -1.15. The second-order valence-corrected chi connectivity index (χ2v) is 7.33. The van der Waals surface area contributed by atoms with E-state index in [0.29, 0.717) is 0 Å². The fraction of sp³-hybridized carbons (Fsp3) is 0.188. The third-order valence-electron chi connectivity index (χ3n) is 3.89. The van der Waals surface area contributed by atoms with Gasteiger partial charge in [0.15, 0.2) is 11.6 Å². The minimum Gasteiger partial charge on any atom is -1.00 e. The van der Waals surface area contributed by atoms with Gasteiger partial charge in [0.25, 0.3) is 0 Å². The summed E-state index contributed by atoms with van der Waals surface area (Å²) in [6.07, 6.45) is 2.04. The van der Waals surface area contributed by atoms with Crippen LogP contribution in [-0.4, -0.2) is 15.8 Å². The lowest BCUT2D eigenvalue weighted by Crippen LogP contribution is -3.00. The lowest BCUT2D eigenvalue weighted by Gasteiger charge is -2.14. The van der Waals surface area contributed by atoms with Gasteiger partial charge in [-0.25, -0.2) is 13.8 Å². The Labute approximate surface area is 146 Å². The highest BCUT2D eigenvalue weighted by Crippen LogP contribution is 2.40. The summed E-state index contributed by atoms with van der Waals surface area (Å²) in [7, 11) is -0.183. The van der Waals surface area contributed by atoms with Gasteiger partial charge in [-0.1, -0.05) is 18.2 Å². The van der Waals surface area contributed by atoms with E-state index in [1.165, 1.54) is 18.2 Å². The molecular weight excluding hydrogens is 417 g/mol. The van der Waals surface area contributed by atoms with E-state index in [1.807, 2.05) is 35.1 Å². The van der Waals surface area contributed by atoms with Crippen molar-refractivity contribution in [3.63, 3.8) is 0 Å². The number of benzene rings is 2. The molecule has 1 aliphatic heterocycles. The van der Waals surface area contributed by atoms with E-state index >= 15 is 0 Å². The Kier molecular flexibility index (Phi) is 4.15. The third kappa shape index (κ3) is 2.23. The number of hydrogen-bond donors (Lipinski definition) is 0.